The Labute approximate surface area is 99.7 Å². The standard InChI is InChI=1S/C11H18N2O4/c1-10(3-2-6-17-10)8(14)13-5-4-11(12,7-13)9(15)16/h2-7,12H2,1H3,(H,15,16). The number of nitrogens with zero attached hydrogens (tertiary/aromatic N) is 1. The predicted molar refractivity (Wildman–Crippen MR) is 59.3 cm³/mol. The summed E-state index contributed by atoms with van der Waals surface area (Å²) in [5.74, 6) is -1.19. The van der Waals surface area contributed by atoms with Crippen molar-refractivity contribution in [3.05, 3.63) is 0 Å². The molecule has 2 saturated heterocycles. The Balaban J connectivity index is 2.06. The molecule has 6 nitrogen and oxygen atoms in total. The molecule has 2 heterocycles. The molecule has 17 heavy (non-hydrogen) atoms. The third-order valence-corrected chi connectivity index (χ3v) is 3.69. The lowest BCUT2D eigenvalue weighted by atomic mass is 10.00. The molecule has 0 aliphatic carbocycles. The Hall–Kier alpha value is -1.14. The molecular weight excluding hydrogens is 224 g/mol. The zero-order chi connectivity index (χ0) is 12.7. The van der Waals surface area contributed by atoms with E-state index in [0.29, 0.717) is 26.0 Å². The summed E-state index contributed by atoms with van der Waals surface area (Å²) in [6.07, 6.45) is 1.85. The van der Waals surface area contributed by atoms with Gasteiger partial charge < -0.3 is 20.5 Å². The van der Waals surface area contributed by atoms with Crippen molar-refractivity contribution in [2.75, 3.05) is 19.7 Å². The number of hydrogen-bond donors (Lipinski definition) is 2. The molecule has 2 rings (SSSR count). The fourth-order valence-electron chi connectivity index (χ4n) is 2.46. The molecule has 0 aromatic rings. The van der Waals surface area contributed by atoms with Gasteiger partial charge in [0.25, 0.3) is 5.91 Å². The second-order valence-corrected chi connectivity index (χ2v) is 5.12. The molecule has 3 N–H and O–H groups in total. The van der Waals surface area contributed by atoms with Crippen LogP contribution < -0.4 is 5.73 Å². The summed E-state index contributed by atoms with van der Waals surface area (Å²) in [7, 11) is 0. The summed E-state index contributed by atoms with van der Waals surface area (Å²) in [5, 5.41) is 9.01. The van der Waals surface area contributed by atoms with Gasteiger partial charge in [-0.25, -0.2) is 0 Å². The van der Waals surface area contributed by atoms with Crippen LogP contribution in [0.25, 0.3) is 0 Å². The van der Waals surface area contributed by atoms with Crippen LogP contribution in [-0.2, 0) is 14.3 Å². The van der Waals surface area contributed by atoms with E-state index in [1.165, 1.54) is 4.90 Å². The summed E-state index contributed by atoms with van der Waals surface area (Å²) in [4.78, 5) is 24.7. The molecule has 0 saturated carbocycles. The Morgan fingerprint density at radius 3 is 2.59 bits per heavy atom. The number of ether oxygens (including phenoxy) is 1. The van der Waals surface area contributed by atoms with E-state index in [0.717, 1.165) is 6.42 Å². The topological polar surface area (TPSA) is 92.9 Å². The average Bonchev–Trinajstić information content (AvgIpc) is 2.86. The van der Waals surface area contributed by atoms with E-state index >= 15 is 0 Å². The van der Waals surface area contributed by atoms with E-state index in [9.17, 15) is 9.59 Å². The smallest absolute Gasteiger partial charge is 0.325 e. The molecule has 6 heteroatoms. The van der Waals surface area contributed by atoms with Crippen molar-refractivity contribution in [3.8, 4) is 0 Å². The Morgan fingerprint density at radius 1 is 1.41 bits per heavy atom. The second-order valence-electron chi connectivity index (χ2n) is 5.12. The van der Waals surface area contributed by atoms with Gasteiger partial charge in [0.05, 0.1) is 0 Å². The number of carboxylic acid groups (broad SMARTS) is 1. The molecule has 96 valence electrons. The number of carbonyl (C=O) groups excluding carboxylic acids is 1. The molecular formula is C11H18N2O4. The molecule has 2 aliphatic heterocycles. The lowest BCUT2D eigenvalue weighted by Gasteiger charge is -2.28. The van der Waals surface area contributed by atoms with E-state index in [4.69, 9.17) is 15.6 Å². The van der Waals surface area contributed by atoms with Gasteiger partial charge in [-0.05, 0) is 26.2 Å². The highest BCUT2D eigenvalue weighted by molar-refractivity contribution is 5.87. The largest absolute Gasteiger partial charge is 0.480 e. The molecule has 0 radical (unpaired) electrons. The molecule has 1 amide bonds. The van der Waals surface area contributed by atoms with Gasteiger partial charge in [0.2, 0.25) is 0 Å². The molecule has 0 spiro atoms. The first kappa shape index (κ1) is 12.3. The van der Waals surface area contributed by atoms with E-state index in [1.54, 1.807) is 6.92 Å². The summed E-state index contributed by atoms with van der Waals surface area (Å²) in [5.41, 5.74) is 3.65. The van der Waals surface area contributed by atoms with E-state index < -0.39 is 17.1 Å². The van der Waals surface area contributed by atoms with Crippen LogP contribution in [-0.4, -0.2) is 52.7 Å². The molecule has 0 aromatic heterocycles. The van der Waals surface area contributed by atoms with E-state index in [1.807, 2.05) is 0 Å². The van der Waals surface area contributed by atoms with Crippen molar-refractivity contribution < 1.29 is 19.4 Å². The van der Waals surface area contributed by atoms with Crippen LogP contribution in [0, 0.1) is 0 Å². The third kappa shape index (κ3) is 2.02. The SMILES string of the molecule is CC1(C(=O)N2CCC(N)(C(=O)O)C2)CCCO1. The number of rotatable bonds is 2. The van der Waals surface area contributed by atoms with Gasteiger partial charge in [0.15, 0.2) is 0 Å². The van der Waals surface area contributed by atoms with Crippen molar-refractivity contribution in [3.63, 3.8) is 0 Å². The van der Waals surface area contributed by atoms with Crippen molar-refractivity contribution in [1.29, 1.82) is 0 Å². The maximum atomic E-state index is 12.2. The minimum Gasteiger partial charge on any atom is -0.480 e. The van der Waals surface area contributed by atoms with E-state index in [2.05, 4.69) is 0 Å². The lowest BCUT2D eigenvalue weighted by Crippen LogP contribution is -2.53. The molecule has 0 bridgehead atoms. The van der Waals surface area contributed by atoms with Gasteiger partial charge in [-0.15, -0.1) is 0 Å². The minimum absolute atomic E-state index is 0.0696. The third-order valence-electron chi connectivity index (χ3n) is 3.69. The maximum Gasteiger partial charge on any atom is 0.325 e. The number of carboxylic acids is 1. The van der Waals surface area contributed by atoms with Gasteiger partial charge in [0, 0.05) is 19.7 Å². The summed E-state index contributed by atoms with van der Waals surface area (Å²) >= 11 is 0. The summed E-state index contributed by atoms with van der Waals surface area (Å²) < 4.78 is 5.46. The van der Waals surface area contributed by atoms with Crippen LogP contribution in [0.1, 0.15) is 26.2 Å². The van der Waals surface area contributed by atoms with Crippen LogP contribution in [0.15, 0.2) is 0 Å². The maximum absolute atomic E-state index is 12.2. The monoisotopic (exact) mass is 242 g/mol. The molecule has 2 aliphatic rings. The molecule has 2 fully saturated rings. The first-order valence-electron chi connectivity index (χ1n) is 5.83. The normalized spacial score (nSPS) is 37.4. The number of carbonyl (C=O) groups is 2. The van der Waals surface area contributed by atoms with Crippen LogP contribution in [0.4, 0.5) is 0 Å². The minimum atomic E-state index is -1.30. The van der Waals surface area contributed by atoms with Gasteiger partial charge in [0.1, 0.15) is 11.1 Å². The number of likely N-dealkylation sites (tertiary alicyclic amines) is 1. The molecule has 2 atom stereocenters. The number of aliphatic carboxylic acids is 1. The average molecular weight is 242 g/mol. The van der Waals surface area contributed by atoms with Crippen LogP contribution in [0.3, 0.4) is 0 Å². The van der Waals surface area contributed by atoms with Crippen molar-refractivity contribution in [1.82, 2.24) is 4.90 Å². The molecule has 0 aromatic carbocycles. The first-order chi connectivity index (χ1) is 7.87. The highest BCUT2D eigenvalue weighted by atomic mass is 16.5. The molecule has 2 unspecified atom stereocenters. The van der Waals surface area contributed by atoms with Crippen LogP contribution >= 0.6 is 0 Å². The predicted octanol–water partition coefficient (Wildman–Crippen LogP) is -0.430. The van der Waals surface area contributed by atoms with Crippen LogP contribution in [0.5, 0.6) is 0 Å². The van der Waals surface area contributed by atoms with Gasteiger partial charge in [-0.1, -0.05) is 0 Å². The van der Waals surface area contributed by atoms with Crippen molar-refractivity contribution in [2.45, 2.75) is 37.3 Å². The Morgan fingerprint density at radius 2 is 2.12 bits per heavy atom. The highest BCUT2D eigenvalue weighted by Crippen LogP contribution is 2.30. The van der Waals surface area contributed by atoms with Crippen molar-refractivity contribution >= 4 is 11.9 Å². The first-order valence-corrected chi connectivity index (χ1v) is 5.83. The number of nitrogens with two attached hydrogens (primary N) is 1. The summed E-state index contributed by atoms with van der Waals surface area (Å²) in [6.45, 7) is 2.81. The van der Waals surface area contributed by atoms with Crippen molar-refractivity contribution in [2.24, 2.45) is 5.73 Å². The van der Waals surface area contributed by atoms with E-state index in [-0.39, 0.29) is 12.5 Å². The summed E-state index contributed by atoms with van der Waals surface area (Å²) in [6, 6.07) is 0. The van der Waals surface area contributed by atoms with Gasteiger partial charge in [-0.3, -0.25) is 9.59 Å². The fraction of sp³-hybridized carbons (Fsp3) is 0.818. The second kappa shape index (κ2) is 3.96. The fourth-order valence-corrected chi connectivity index (χ4v) is 2.46. The highest BCUT2D eigenvalue weighted by Gasteiger charge is 2.48. The van der Waals surface area contributed by atoms with Gasteiger partial charge in [-0.2, -0.15) is 0 Å². The Bertz CT molecular complexity index is 351. The number of amides is 1. The number of hydrogen-bond acceptors (Lipinski definition) is 4. The Kier molecular flexibility index (Phi) is 2.87. The zero-order valence-electron chi connectivity index (χ0n) is 9.94. The zero-order valence-corrected chi connectivity index (χ0v) is 9.94. The quantitative estimate of drug-likeness (QED) is 0.685. The lowest BCUT2D eigenvalue weighted by molar-refractivity contribution is -0.150. The van der Waals surface area contributed by atoms with Gasteiger partial charge >= 0.3 is 5.97 Å². The van der Waals surface area contributed by atoms with Crippen LogP contribution in [0.2, 0.25) is 0 Å².